The molecule has 0 bridgehead atoms. The Bertz CT molecular complexity index is 342. The summed E-state index contributed by atoms with van der Waals surface area (Å²) in [5, 5.41) is 10.2. The Morgan fingerprint density at radius 1 is 1.31 bits per heavy atom. The minimum absolute atomic E-state index is 0.235. The largest absolute Gasteiger partial charge is 0.392 e. The lowest BCUT2D eigenvalue weighted by atomic mass is 9.83. The molecule has 0 unspecified atom stereocenters. The SMILES string of the molecule is C[C@@H]1CC=C[C@H]([C@H](O)Cc2ccccc2)C1. The van der Waals surface area contributed by atoms with Gasteiger partial charge in [0.15, 0.2) is 0 Å². The third kappa shape index (κ3) is 2.96. The first-order valence-electron chi connectivity index (χ1n) is 6.14. The molecule has 3 atom stereocenters. The third-order valence-electron chi connectivity index (χ3n) is 3.38. The molecule has 1 nitrogen and oxygen atoms in total. The number of rotatable bonds is 3. The molecule has 0 aromatic heterocycles. The van der Waals surface area contributed by atoms with E-state index < -0.39 is 0 Å². The Kier molecular flexibility index (Phi) is 3.79. The number of hydrogen-bond acceptors (Lipinski definition) is 1. The fourth-order valence-electron chi connectivity index (χ4n) is 2.42. The average molecular weight is 216 g/mol. The van der Waals surface area contributed by atoms with Gasteiger partial charge >= 0.3 is 0 Å². The normalized spacial score (nSPS) is 26.6. The van der Waals surface area contributed by atoms with Crippen LogP contribution in [0.3, 0.4) is 0 Å². The van der Waals surface area contributed by atoms with Crippen molar-refractivity contribution in [3.63, 3.8) is 0 Å². The van der Waals surface area contributed by atoms with Crippen LogP contribution in [-0.2, 0) is 6.42 Å². The van der Waals surface area contributed by atoms with Crippen molar-refractivity contribution < 1.29 is 5.11 Å². The summed E-state index contributed by atoms with van der Waals surface area (Å²) in [6.45, 7) is 2.26. The Balaban J connectivity index is 1.95. The minimum Gasteiger partial charge on any atom is -0.392 e. The average Bonchev–Trinajstić information content (AvgIpc) is 2.30. The Labute approximate surface area is 97.8 Å². The van der Waals surface area contributed by atoms with Crippen LogP contribution in [0.2, 0.25) is 0 Å². The second-order valence-corrected chi connectivity index (χ2v) is 4.93. The van der Waals surface area contributed by atoms with Crippen LogP contribution in [0.4, 0.5) is 0 Å². The molecule has 2 rings (SSSR count). The van der Waals surface area contributed by atoms with Crippen LogP contribution in [0.5, 0.6) is 0 Å². The van der Waals surface area contributed by atoms with Crippen LogP contribution in [0.1, 0.15) is 25.3 Å². The number of allylic oxidation sites excluding steroid dienone is 1. The zero-order chi connectivity index (χ0) is 11.4. The molecule has 1 aromatic rings. The van der Waals surface area contributed by atoms with Crippen LogP contribution < -0.4 is 0 Å². The summed E-state index contributed by atoms with van der Waals surface area (Å²) in [7, 11) is 0. The monoisotopic (exact) mass is 216 g/mol. The van der Waals surface area contributed by atoms with Gasteiger partial charge in [-0.15, -0.1) is 0 Å². The maximum atomic E-state index is 10.2. The summed E-state index contributed by atoms with van der Waals surface area (Å²) in [6.07, 6.45) is 7.21. The minimum atomic E-state index is -0.235. The van der Waals surface area contributed by atoms with Gasteiger partial charge in [-0.1, -0.05) is 49.4 Å². The highest BCUT2D eigenvalue weighted by atomic mass is 16.3. The van der Waals surface area contributed by atoms with E-state index in [-0.39, 0.29) is 6.10 Å². The van der Waals surface area contributed by atoms with E-state index in [1.54, 1.807) is 0 Å². The molecule has 0 heterocycles. The standard InChI is InChI=1S/C15H20O/c1-12-6-5-9-14(10-12)15(16)11-13-7-3-2-4-8-13/h2-5,7-9,12,14-16H,6,10-11H2,1H3/t12-,14+,15-/m1/s1. The molecular weight excluding hydrogens is 196 g/mol. The van der Waals surface area contributed by atoms with Gasteiger partial charge in [0.05, 0.1) is 6.10 Å². The first-order valence-corrected chi connectivity index (χ1v) is 6.14. The van der Waals surface area contributed by atoms with Gasteiger partial charge in [-0.3, -0.25) is 0 Å². The van der Waals surface area contributed by atoms with Crippen molar-refractivity contribution in [1.82, 2.24) is 0 Å². The molecule has 0 spiro atoms. The van der Waals surface area contributed by atoms with Gasteiger partial charge in [-0.25, -0.2) is 0 Å². The highest BCUT2D eigenvalue weighted by molar-refractivity contribution is 5.16. The van der Waals surface area contributed by atoms with E-state index in [0.29, 0.717) is 11.8 Å². The second-order valence-electron chi connectivity index (χ2n) is 4.93. The summed E-state index contributed by atoms with van der Waals surface area (Å²) in [5.41, 5.74) is 1.22. The van der Waals surface area contributed by atoms with Crippen LogP contribution in [0, 0.1) is 11.8 Å². The highest BCUT2D eigenvalue weighted by Gasteiger charge is 2.21. The second kappa shape index (κ2) is 5.31. The van der Waals surface area contributed by atoms with Gasteiger partial charge in [0.2, 0.25) is 0 Å². The molecule has 0 saturated carbocycles. The lowest BCUT2D eigenvalue weighted by Crippen LogP contribution is -2.25. The quantitative estimate of drug-likeness (QED) is 0.769. The first kappa shape index (κ1) is 11.4. The van der Waals surface area contributed by atoms with Crippen molar-refractivity contribution in [2.75, 3.05) is 0 Å². The van der Waals surface area contributed by atoms with Crippen molar-refractivity contribution in [3.05, 3.63) is 48.0 Å². The summed E-state index contributed by atoms with van der Waals surface area (Å²) in [4.78, 5) is 0. The zero-order valence-electron chi connectivity index (χ0n) is 9.84. The van der Waals surface area contributed by atoms with Gasteiger partial charge in [0, 0.05) is 5.92 Å². The molecule has 86 valence electrons. The highest BCUT2D eigenvalue weighted by Crippen LogP contribution is 2.26. The first-order chi connectivity index (χ1) is 7.75. The van der Waals surface area contributed by atoms with Crippen molar-refractivity contribution in [2.45, 2.75) is 32.3 Å². The topological polar surface area (TPSA) is 20.2 Å². The summed E-state index contributed by atoms with van der Waals surface area (Å²) in [5.74, 6) is 1.05. The van der Waals surface area contributed by atoms with Gasteiger partial charge < -0.3 is 5.11 Å². The van der Waals surface area contributed by atoms with E-state index in [0.717, 1.165) is 19.3 Å². The molecule has 1 aromatic carbocycles. The van der Waals surface area contributed by atoms with Gasteiger partial charge in [-0.2, -0.15) is 0 Å². The molecule has 1 aliphatic rings. The molecule has 0 radical (unpaired) electrons. The Morgan fingerprint density at radius 2 is 2.06 bits per heavy atom. The lowest BCUT2D eigenvalue weighted by molar-refractivity contribution is 0.114. The van der Waals surface area contributed by atoms with E-state index in [1.807, 2.05) is 18.2 Å². The van der Waals surface area contributed by atoms with Crippen LogP contribution in [0.25, 0.3) is 0 Å². The molecule has 0 amide bonds. The van der Waals surface area contributed by atoms with E-state index in [9.17, 15) is 5.11 Å². The van der Waals surface area contributed by atoms with Gasteiger partial charge in [0.1, 0.15) is 0 Å². The zero-order valence-corrected chi connectivity index (χ0v) is 9.84. The van der Waals surface area contributed by atoms with Crippen molar-refractivity contribution >= 4 is 0 Å². The van der Waals surface area contributed by atoms with Crippen LogP contribution >= 0.6 is 0 Å². The molecular formula is C15H20O. The maximum absolute atomic E-state index is 10.2. The Morgan fingerprint density at radius 3 is 2.75 bits per heavy atom. The van der Waals surface area contributed by atoms with E-state index in [4.69, 9.17) is 0 Å². The van der Waals surface area contributed by atoms with E-state index >= 15 is 0 Å². The van der Waals surface area contributed by atoms with Crippen molar-refractivity contribution in [3.8, 4) is 0 Å². The number of hydrogen-bond donors (Lipinski definition) is 1. The molecule has 16 heavy (non-hydrogen) atoms. The summed E-state index contributed by atoms with van der Waals surface area (Å²) < 4.78 is 0. The third-order valence-corrected chi connectivity index (χ3v) is 3.38. The van der Waals surface area contributed by atoms with Gasteiger partial charge in [-0.05, 0) is 30.7 Å². The fraction of sp³-hybridized carbons (Fsp3) is 0.467. The van der Waals surface area contributed by atoms with Crippen LogP contribution in [0.15, 0.2) is 42.5 Å². The van der Waals surface area contributed by atoms with Crippen LogP contribution in [-0.4, -0.2) is 11.2 Å². The smallest absolute Gasteiger partial charge is 0.0643 e. The number of aliphatic hydroxyl groups is 1. The summed E-state index contributed by atoms with van der Waals surface area (Å²) >= 11 is 0. The predicted molar refractivity (Wildman–Crippen MR) is 67.2 cm³/mol. The number of aliphatic hydroxyl groups excluding tert-OH is 1. The van der Waals surface area contributed by atoms with E-state index in [1.165, 1.54) is 5.56 Å². The van der Waals surface area contributed by atoms with Crippen molar-refractivity contribution in [2.24, 2.45) is 11.8 Å². The Hall–Kier alpha value is -1.08. The van der Waals surface area contributed by atoms with E-state index in [2.05, 4.69) is 31.2 Å². The maximum Gasteiger partial charge on any atom is 0.0643 e. The molecule has 1 N–H and O–H groups in total. The molecule has 0 saturated heterocycles. The predicted octanol–water partition coefficient (Wildman–Crippen LogP) is 3.19. The number of benzene rings is 1. The molecule has 0 aliphatic heterocycles. The van der Waals surface area contributed by atoms with Crippen molar-refractivity contribution in [1.29, 1.82) is 0 Å². The lowest BCUT2D eigenvalue weighted by Gasteiger charge is -2.26. The molecule has 1 heteroatoms. The fourth-order valence-corrected chi connectivity index (χ4v) is 2.42. The molecule has 0 fully saturated rings. The molecule has 1 aliphatic carbocycles. The van der Waals surface area contributed by atoms with Gasteiger partial charge in [0.25, 0.3) is 0 Å². The summed E-state index contributed by atoms with van der Waals surface area (Å²) in [6, 6.07) is 10.2.